The van der Waals surface area contributed by atoms with Crippen molar-refractivity contribution in [2.45, 2.75) is 38.5 Å². The fraction of sp³-hybridized carbons (Fsp3) is 0.310. The Hall–Kier alpha value is -3.78. The molecule has 0 unspecified atom stereocenters. The number of hydrogen-bond acceptors (Lipinski definition) is 6. The minimum Gasteiger partial charge on any atom is -0.493 e. The highest BCUT2D eigenvalue weighted by atomic mass is 32.1. The quantitative estimate of drug-likeness (QED) is 0.385. The summed E-state index contributed by atoms with van der Waals surface area (Å²) in [5, 5.41) is 0.372. The first-order valence-electron chi connectivity index (χ1n) is 12.2. The van der Waals surface area contributed by atoms with Crippen molar-refractivity contribution in [1.29, 1.82) is 0 Å². The second-order valence-corrected chi connectivity index (χ2v) is 9.63. The number of fused-ring (bicyclic) bond motifs is 4. The summed E-state index contributed by atoms with van der Waals surface area (Å²) in [6, 6.07) is 19.0. The normalized spacial score (nSPS) is 20.1. The summed E-state index contributed by atoms with van der Waals surface area (Å²) >= 11 is 6.06. The number of methoxy groups -OCH3 is 3. The fourth-order valence-electron chi connectivity index (χ4n) is 5.24. The number of rotatable bonds is 6. The summed E-state index contributed by atoms with van der Waals surface area (Å²) in [4.78, 5) is 17.9. The predicted molar refractivity (Wildman–Crippen MR) is 146 cm³/mol. The van der Waals surface area contributed by atoms with Gasteiger partial charge in [-0.15, -0.1) is 0 Å². The van der Waals surface area contributed by atoms with E-state index >= 15 is 0 Å². The lowest BCUT2D eigenvalue weighted by Crippen LogP contribution is -2.67. The topological polar surface area (TPSA) is 60.5 Å². The van der Waals surface area contributed by atoms with Gasteiger partial charge >= 0.3 is 0 Å². The maximum absolute atomic E-state index is 14.3. The highest BCUT2D eigenvalue weighted by Crippen LogP contribution is 2.50. The first-order chi connectivity index (χ1) is 17.8. The number of para-hydroxylation sites is 1. The highest BCUT2D eigenvalue weighted by Gasteiger charge is 2.53. The number of amides is 1. The molecule has 37 heavy (non-hydrogen) atoms. The van der Waals surface area contributed by atoms with Gasteiger partial charge in [0.1, 0.15) is 5.75 Å². The van der Waals surface area contributed by atoms with Gasteiger partial charge in [-0.1, -0.05) is 37.3 Å². The van der Waals surface area contributed by atoms with E-state index in [0.717, 1.165) is 23.4 Å². The van der Waals surface area contributed by atoms with E-state index < -0.39 is 5.72 Å². The maximum atomic E-state index is 14.3. The first-order valence-corrected chi connectivity index (χ1v) is 12.6. The average Bonchev–Trinajstić information content (AvgIpc) is 2.92. The molecule has 2 bridgehead atoms. The van der Waals surface area contributed by atoms with Crippen LogP contribution in [0, 0.1) is 0 Å². The Morgan fingerprint density at radius 3 is 2.27 bits per heavy atom. The molecule has 3 aromatic carbocycles. The summed E-state index contributed by atoms with van der Waals surface area (Å²) in [5.41, 5.74) is 2.62. The smallest absolute Gasteiger partial charge is 0.260 e. The summed E-state index contributed by atoms with van der Waals surface area (Å²) in [6.45, 7) is 4.14. The number of nitrogens with zero attached hydrogens (tertiary/aromatic N) is 2. The molecule has 5 rings (SSSR count). The van der Waals surface area contributed by atoms with E-state index in [4.69, 9.17) is 31.2 Å². The van der Waals surface area contributed by atoms with E-state index in [1.165, 1.54) is 26.9 Å². The SMILES string of the molecule is CCc1ccc(N2C(=S)N(C(=O)c3cc(OC)c(OC)c(OC)c3)[C@@H]3C[C@]2(C)Oc2ccccc23)cc1. The lowest BCUT2D eigenvalue weighted by molar-refractivity contribution is 0.0184. The molecule has 0 radical (unpaired) electrons. The van der Waals surface area contributed by atoms with Gasteiger partial charge in [0.25, 0.3) is 5.91 Å². The third-order valence-corrected chi connectivity index (χ3v) is 7.47. The average molecular weight is 519 g/mol. The van der Waals surface area contributed by atoms with Crippen LogP contribution in [0.3, 0.4) is 0 Å². The second-order valence-electron chi connectivity index (χ2n) is 9.26. The van der Waals surface area contributed by atoms with Crippen molar-refractivity contribution in [2.24, 2.45) is 0 Å². The van der Waals surface area contributed by atoms with Crippen LogP contribution in [0.1, 0.15) is 47.8 Å². The van der Waals surface area contributed by atoms with E-state index in [1.54, 1.807) is 17.0 Å². The van der Waals surface area contributed by atoms with Gasteiger partial charge in [-0.2, -0.15) is 0 Å². The number of carbonyl (C=O) groups excluding carboxylic acids is 1. The molecule has 2 heterocycles. The summed E-state index contributed by atoms with van der Waals surface area (Å²) in [5.74, 6) is 1.70. The Balaban J connectivity index is 1.66. The van der Waals surface area contributed by atoms with Gasteiger partial charge < -0.3 is 18.9 Å². The van der Waals surface area contributed by atoms with Crippen LogP contribution in [0.4, 0.5) is 5.69 Å². The van der Waals surface area contributed by atoms with Gasteiger partial charge in [-0.25, -0.2) is 0 Å². The van der Waals surface area contributed by atoms with E-state index in [2.05, 4.69) is 19.1 Å². The second kappa shape index (κ2) is 9.59. The molecule has 0 spiro atoms. The number of anilines is 1. The molecule has 7 nitrogen and oxygen atoms in total. The lowest BCUT2D eigenvalue weighted by Gasteiger charge is -2.55. The fourth-order valence-corrected chi connectivity index (χ4v) is 5.75. The summed E-state index contributed by atoms with van der Waals surface area (Å²) < 4.78 is 23.0. The van der Waals surface area contributed by atoms with E-state index in [-0.39, 0.29) is 11.9 Å². The number of thiocarbonyl (C=S) groups is 1. The Kier molecular flexibility index (Phi) is 6.45. The van der Waals surface area contributed by atoms with Gasteiger partial charge in [-0.05, 0) is 61.5 Å². The van der Waals surface area contributed by atoms with Crippen molar-refractivity contribution in [3.8, 4) is 23.0 Å². The summed E-state index contributed by atoms with van der Waals surface area (Å²) in [6.07, 6.45) is 1.47. The van der Waals surface area contributed by atoms with Crippen LogP contribution in [-0.4, -0.2) is 43.0 Å². The Labute approximate surface area is 222 Å². The van der Waals surface area contributed by atoms with Crippen molar-refractivity contribution in [1.82, 2.24) is 4.90 Å². The molecule has 2 aliphatic heterocycles. The number of carbonyl (C=O) groups is 1. The van der Waals surface area contributed by atoms with Gasteiger partial charge in [0, 0.05) is 23.2 Å². The van der Waals surface area contributed by atoms with Crippen LogP contribution in [-0.2, 0) is 6.42 Å². The molecule has 192 valence electrons. The van der Waals surface area contributed by atoms with Crippen LogP contribution >= 0.6 is 12.2 Å². The van der Waals surface area contributed by atoms with Gasteiger partial charge in [0.2, 0.25) is 5.75 Å². The van der Waals surface area contributed by atoms with E-state index in [9.17, 15) is 4.79 Å². The monoisotopic (exact) mass is 518 g/mol. The van der Waals surface area contributed by atoms with Crippen molar-refractivity contribution in [3.05, 3.63) is 77.4 Å². The van der Waals surface area contributed by atoms with Crippen LogP contribution in [0.5, 0.6) is 23.0 Å². The van der Waals surface area contributed by atoms with Crippen LogP contribution < -0.4 is 23.8 Å². The number of benzene rings is 3. The van der Waals surface area contributed by atoms with Crippen LogP contribution in [0.15, 0.2) is 60.7 Å². The van der Waals surface area contributed by atoms with Crippen molar-refractivity contribution >= 4 is 28.9 Å². The van der Waals surface area contributed by atoms with Crippen LogP contribution in [0.2, 0.25) is 0 Å². The van der Waals surface area contributed by atoms with Gasteiger partial charge in [0.05, 0.1) is 27.4 Å². The molecule has 0 aromatic heterocycles. The number of aryl methyl sites for hydroxylation is 1. The number of ether oxygens (including phenoxy) is 4. The van der Waals surface area contributed by atoms with Gasteiger partial charge in [0.15, 0.2) is 22.3 Å². The third-order valence-electron chi connectivity index (χ3n) is 7.10. The highest BCUT2D eigenvalue weighted by molar-refractivity contribution is 7.80. The van der Waals surface area contributed by atoms with Crippen LogP contribution in [0.25, 0.3) is 0 Å². The van der Waals surface area contributed by atoms with Crippen molar-refractivity contribution in [3.63, 3.8) is 0 Å². The summed E-state index contributed by atoms with van der Waals surface area (Å²) in [7, 11) is 4.58. The van der Waals surface area contributed by atoms with Gasteiger partial charge in [-0.3, -0.25) is 14.6 Å². The Morgan fingerprint density at radius 1 is 1.03 bits per heavy atom. The Morgan fingerprint density at radius 2 is 1.68 bits per heavy atom. The molecule has 0 N–H and O–H groups in total. The standard InChI is InChI=1S/C29H30N2O5S/c1-6-18-11-13-20(14-12-18)31-28(37)30(22-17-29(31,2)36-23-10-8-7-9-21(22)23)27(32)19-15-24(33-3)26(35-5)25(16-19)34-4/h7-16,22H,6,17H2,1-5H3/t22-,29+/m1/s1. The molecule has 1 saturated heterocycles. The molecular formula is C29H30N2O5S. The minimum atomic E-state index is -0.768. The first kappa shape index (κ1) is 24.9. The zero-order valence-corrected chi connectivity index (χ0v) is 22.4. The third kappa shape index (κ3) is 4.05. The van der Waals surface area contributed by atoms with Crippen molar-refractivity contribution in [2.75, 3.05) is 26.2 Å². The largest absolute Gasteiger partial charge is 0.493 e. The molecule has 3 aromatic rings. The minimum absolute atomic E-state index is 0.261. The molecule has 2 atom stereocenters. The zero-order chi connectivity index (χ0) is 26.3. The lowest BCUT2D eigenvalue weighted by atomic mass is 9.88. The Bertz CT molecular complexity index is 1330. The van der Waals surface area contributed by atoms with Crippen molar-refractivity contribution < 1.29 is 23.7 Å². The zero-order valence-electron chi connectivity index (χ0n) is 21.6. The molecule has 0 saturated carbocycles. The molecule has 8 heteroatoms. The van der Waals surface area contributed by atoms with E-state index in [1.807, 2.05) is 48.2 Å². The molecule has 0 aliphatic carbocycles. The molecule has 2 aliphatic rings. The maximum Gasteiger partial charge on any atom is 0.260 e. The molecular weight excluding hydrogens is 488 g/mol. The predicted octanol–water partition coefficient (Wildman–Crippen LogP) is 5.76. The molecule has 1 amide bonds. The molecule has 1 fully saturated rings. The number of hydrogen-bond donors (Lipinski definition) is 0. The van der Waals surface area contributed by atoms with E-state index in [0.29, 0.717) is 34.3 Å².